The molecule has 2 bridgehead atoms. The van der Waals surface area contributed by atoms with Crippen molar-refractivity contribution in [3.63, 3.8) is 0 Å². The fraction of sp³-hybridized carbons (Fsp3) is 0.700. The Hall–Kier alpha value is -2.65. The lowest BCUT2D eigenvalue weighted by molar-refractivity contribution is -0.151. The molecule has 3 saturated heterocycles. The fourth-order valence-electron chi connectivity index (χ4n) is 7.04. The first-order valence-corrected chi connectivity index (χ1v) is 14.6. The van der Waals surface area contributed by atoms with Crippen LogP contribution in [0.1, 0.15) is 73.1 Å². The lowest BCUT2D eigenvalue weighted by Crippen LogP contribution is -2.59. The second-order valence-electron chi connectivity index (χ2n) is 11.5. The van der Waals surface area contributed by atoms with E-state index in [-0.39, 0.29) is 30.2 Å². The first-order valence-electron chi connectivity index (χ1n) is 14.6. The molecule has 0 aliphatic carbocycles. The molecule has 0 saturated carbocycles. The molecule has 1 spiro atoms. The molecule has 9 heteroatoms. The molecule has 3 aliphatic heterocycles. The Morgan fingerprint density at radius 2 is 1.85 bits per heavy atom. The van der Waals surface area contributed by atoms with Crippen LogP contribution >= 0.6 is 0 Å². The van der Waals surface area contributed by atoms with Crippen LogP contribution in [0, 0.1) is 17.8 Å². The van der Waals surface area contributed by atoms with Gasteiger partial charge < -0.3 is 30.1 Å². The van der Waals surface area contributed by atoms with Crippen LogP contribution < -0.4 is 15.4 Å². The number of amides is 3. The summed E-state index contributed by atoms with van der Waals surface area (Å²) >= 11 is 0. The summed E-state index contributed by atoms with van der Waals surface area (Å²) < 4.78 is 12.3. The predicted octanol–water partition coefficient (Wildman–Crippen LogP) is 3.50. The molecule has 1 aromatic rings. The van der Waals surface area contributed by atoms with E-state index >= 15 is 0 Å². The van der Waals surface area contributed by atoms with Crippen LogP contribution in [0.5, 0.6) is 5.75 Å². The molecule has 6 atom stereocenters. The van der Waals surface area contributed by atoms with Gasteiger partial charge in [0.2, 0.25) is 17.7 Å². The van der Waals surface area contributed by atoms with Gasteiger partial charge in [0.1, 0.15) is 17.4 Å². The summed E-state index contributed by atoms with van der Waals surface area (Å²) in [6.07, 6.45) is 4.54. The number of likely N-dealkylation sites (tertiary alicyclic amines) is 1. The summed E-state index contributed by atoms with van der Waals surface area (Å²) in [5, 5.41) is 16.4. The standard InChI is InChI=1S/C30H45N3O6/c1-6-9-10-17-31-27(36)25-30-16-15-29(7-2,39-30)23(24(30)28(37)33(25)22(18-34)19(4)5)26(35)32-20-11-13-21(14-12-20)38-8-3/h11-14,19,22-25,34H,6-10,15-18H2,1-5H3,(H,31,36)(H,32,35)/t22-,23+,24-,25?,29-,30?/m0/s1. The van der Waals surface area contributed by atoms with Crippen LogP contribution in [0.4, 0.5) is 5.69 Å². The topological polar surface area (TPSA) is 117 Å². The summed E-state index contributed by atoms with van der Waals surface area (Å²) in [6, 6.07) is 5.70. The minimum Gasteiger partial charge on any atom is -0.494 e. The summed E-state index contributed by atoms with van der Waals surface area (Å²) in [5.74, 6) is -1.75. The second kappa shape index (κ2) is 11.8. The van der Waals surface area contributed by atoms with E-state index in [1.807, 2.05) is 27.7 Å². The summed E-state index contributed by atoms with van der Waals surface area (Å²) in [5.41, 5.74) is -1.32. The molecular weight excluding hydrogens is 498 g/mol. The highest BCUT2D eigenvalue weighted by atomic mass is 16.5. The van der Waals surface area contributed by atoms with Gasteiger partial charge in [-0.2, -0.15) is 0 Å². The molecule has 0 aromatic heterocycles. The summed E-state index contributed by atoms with van der Waals surface area (Å²) in [7, 11) is 0. The predicted molar refractivity (Wildman–Crippen MR) is 148 cm³/mol. The van der Waals surface area contributed by atoms with Crippen molar-refractivity contribution in [1.82, 2.24) is 10.2 Å². The van der Waals surface area contributed by atoms with Crippen LogP contribution in [0.25, 0.3) is 0 Å². The normalized spacial score (nSPS) is 30.0. The number of benzene rings is 1. The molecule has 4 rings (SSSR count). The highest BCUT2D eigenvalue weighted by molar-refractivity contribution is 6.02. The molecule has 1 aromatic carbocycles. The van der Waals surface area contributed by atoms with Crippen molar-refractivity contribution >= 4 is 23.4 Å². The number of fused-ring (bicyclic) bond motifs is 1. The van der Waals surface area contributed by atoms with Gasteiger partial charge in [0.15, 0.2) is 0 Å². The lowest BCUT2D eigenvalue weighted by Gasteiger charge is -2.38. The first kappa shape index (κ1) is 29.3. The SMILES string of the molecule is CCCCCNC(=O)C1N([C@@H](CO)C(C)C)C(=O)[C@@H]2[C@H](C(=O)Nc3ccc(OCC)cc3)[C@]3(CC)CCC12O3. The third kappa shape index (κ3) is 5.04. The molecule has 3 N–H and O–H groups in total. The zero-order valence-electron chi connectivity index (χ0n) is 24.0. The van der Waals surface area contributed by atoms with Gasteiger partial charge in [-0.05, 0) is 62.8 Å². The second-order valence-corrected chi connectivity index (χ2v) is 11.5. The van der Waals surface area contributed by atoms with E-state index in [0.717, 1.165) is 19.3 Å². The Balaban J connectivity index is 1.69. The summed E-state index contributed by atoms with van der Waals surface area (Å²) in [6.45, 7) is 10.6. The Morgan fingerprint density at radius 3 is 2.44 bits per heavy atom. The number of anilines is 1. The average molecular weight is 544 g/mol. The quantitative estimate of drug-likeness (QED) is 0.328. The van der Waals surface area contributed by atoms with Crippen molar-refractivity contribution in [3.8, 4) is 5.75 Å². The van der Waals surface area contributed by atoms with Crippen LogP contribution in [-0.2, 0) is 19.1 Å². The third-order valence-electron chi connectivity index (χ3n) is 8.98. The van der Waals surface area contributed by atoms with E-state index in [2.05, 4.69) is 17.6 Å². The zero-order chi connectivity index (χ0) is 28.4. The lowest BCUT2D eigenvalue weighted by atomic mass is 9.65. The summed E-state index contributed by atoms with van der Waals surface area (Å²) in [4.78, 5) is 43.5. The number of nitrogens with zero attached hydrogens (tertiary/aromatic N) is 1. The first-order chi connectivity index (χ1) is 18.7. The average Bonchev–Trinajstić information content (AvgIpc) is 3.52. The number of aliphatic hydroxyl groups excluding tert-OH is 1. The smallest absolute Gasteiger partial charge is 0.245 e. The molecule has 3 amide bonds. The Kier molecular flexibility index (Phi) is 8.91. The van der Waals surface area contributed by atoms with E-state index < -0.39 is 35.1 Å². The molecule has 3 heterocycles. The number of carbonyl (C=O) groups excluding carboxylic acids is 3. The maximum atomic E-state index is 14.3. The van der Waals surface area contributed by atoms with Gasteiger partial charge in [-0.15, -0.1) is 0 Å². The van der Waals surface area contributed by atoms with Gasteiger partial charge in [0.05, 0.1) is 36.7 Å². The van der Waals surface area contributed by atoms with E-state index in [0.29, 0.717) is 43.9 Å². The maximum Gasteiger partial charge on any atom is 0.245 e. The van der Waals surface area contributed by atoms with Crippen LogP contribution in [0.2, 0.25) is 0 Å². The van der Waals surface area contributed by atoms with E-state index in [1.165, 1.54) is 0 Å². The number of carbonyl (C=O) groups is 3. The van der Waals surface area contributed by atoms with Crippen molar-refractivity contribution in [2.75, 3.05) is 25.1 Å². The Morgan fingerprint density at radius 1 is 1.13 bits per heavy atom. The minimum absolute atomic E-state index is 0.0852. The van der Waals surface area contributed by atoms with Crippen LogP contribution in [0.15, 0.2) is 24.3 Å². The minimum atomic E-state index is -1.11. The maximum absolute atomic E-state index is 14.3. The highest BCUT2D eigenvalue weighted by Crippen LogP contribution is 2.64. The van der Waals surface area contributed by atoms with Gasteiger partial charge in [-0.3, -0.25) is 14.4 Å². The van der Waals surface area contributed by atoms with Gasteiger partial charge in [0.25, 0.3) is 0 Å². The molecule has 3 fully saturated rings. The molecular formula is C30H45N3O6. The van der Waals surface area contributed by atoms with Gasteiger partial charge in [-0.1, -0.05) is 40.5 Å². The number of ether oxygens (including phenoxy) is 2. The number of nitrogens with one attached hydrogen (secondary N) is 2. The van der Waals surface area contributed by atoms with Crippen molar-refractivity contribution in [1.29, 1.82) is 0 Å². The molecule has 9 nitrogen and oxygen atoms in total. The van der Waals surface area contributed by atoms with Gasteiger partial charge in [-0.25, -0.2) is 0 Å². The number of aliphatic hydroxyl groups is 1. The van der Waals surface area contributed by atoms with Crippen molar-refractivity contribution in [3.05, 3.63) is 24.3 Å². The van der Waals surface area contributed by atoms with E-state index in [4.69, 9.17) is 9.47 Å². The molecule has 39 heavy (non-hydrogen) atoms. The van der Waals surface area contributed by atoms with Crippen LogP contribution in [0.3, 0.4) is 0 Å². The van der Waals surface area contributed by atoms with Crippen molar-refractivity contribution in [2.45, 2.75) is 96.4 Å². The molecule has 0 radical (unpaired) electrons. The van der Waals surface area contributed by atoms with Crippen LogP contribution in [-0.4, -0.2) is 70.8 Å². The molecule has 2 unspecified atom stereocenters. The number of rotatable bonds is 13. The number of unbranched alkanes of at least 4 members (excludes halogenated alkanes) is 2. The monoisotopic (exact) mass is 543 g/mol. The molecule has 3 aliphatic rings. The number of hydrogen-bond acceptors (Lipinski definition) is 6. The van der Waals surface area contributed by atoms with E-state index in [9.17, 15) is 19.5 Å². The van der Waals surface area contributed by atoms with Crippen molar-refractivity contribution < 1.29 is 29.0 Å². The highest BCUT2D eigenvalue weighted by Gasteiger charge is 2.79. The zero-order valence-corrected chi connectivity index (χ0v) is 24.0. The Labute approximate surface area is 232 Å². The molecule has 216 valence electrons. The van der Waals surface area contributed by atoms with Gasteiger partial charge >= 0.3 is 0 Å². The van der Waals surface area contributed by atoms with Crippen molar-refractivity contribution in [2.24, 2.45) is 17.8 Å². The number of hydrogen-bond donors (Lipinski definition) is 3. The fourth-order valence-corrected chi connectivity index (χ4v) is 7.04. The van der Waals surface area contributed by atoms with Gasteiger partial charge in [0, 0.05) is 12.2 Å². The van der Waals surface area contributed by atoms with E-state index in [1.54, 1.807) is 29.2 Å². The Bertz CT molecular complexity index is 1050. The largest absolute Gasteiger partial charge is 0.494 e. The third-order valence-corrected chi connectivity index (χ3v) is 8.98.